The minimum Gasteiger partial charge on any atom is -0.497 e. The Bertz CT molecular complexity index is 985. The quantitative estimate of drug-likeness (QED) is 0.659. The molecule has 1 saturated heterocycles. The summed E-state index contributed by atoms with van der Waals surface area (Å²) in [5.74, 6) is 0.700. The molecule has 0 radical (unpaired) electrons. The zero-order chi connectivity index (χ0) is 21.2. The number of carbonyl (C=O) groups excluding carboxylic acids is 1. The smallest absolute Gasteiger partial charge is 0.231 e. The molecule has 1 fully saturated rings. The third kappa shape index (κ3) is 4.97. The molecule has 6 nitrogen and oxygen atoms in total. The van der Waals surface area contributed by atoms with Gasteiger partial charge in [-0.2, -0.15) is 0 Å². The minimum absolute atomic E-state index is 0.0433. The molecule has 1 unspecified atom stereocenters. The number of hydrogen-bond donors (Lipinski definition) is 0. The van der Waals surface area contributed by atoms with Crippen molar-refractivity contribution in [3.8, 4) is 11.5 Å². The molecule has 156 valence electrons. The molecule has 0 aliphatic carbocycles. The van der Waals surface area contributed by atoms with Crippen LogP contribution in [0.25, 0.3) is 0 Å². The van der Waals surface area contributed by atoms with E-state index in [2.05, 4.69) is 0 Å². The van der Waals surface area contributed by atoms with Gasteiger partial charge in [0.05, 0.1) is 48.2 Å². The second-order valence-corrected chi connectivity index (χ2v) is 9.83. The zero-order valence-electron chi connectivity index (χ0n) is 16.0. The number of anilines is 1. The van der Waals surface area contributed by atoms with Gasteiger partial charge in [-0.05, 0) is 36.2 Å². The summed E-state index contributed by atoms with van der Waals surface area (Å²) < 4.78 is 34.4. The van der Waals surface area contributed by atoms with Gasteiger partial charge in [-0.15, -0.1) is 0 Å². The molecule has 9 heteroatoms. The summed E-state index contributed by atoms with van der Waals surface area (Å²) in [6, 6.07) is 9.81. The van der Waals surface area contributed by atoms with E-state index in [0.29, 0.717) is 23.6 Å². The van der Waals surface area contributed by atoms with E-state index >= 15 is 0 Å². The number of amides is 1. The van der Waals surface area contributed by atoms with Crippen LogP contribution >= 0.6 is 23.2 Å². The van der Waals surface area contributed by atoms with Gasteiger partial charge >= 0.3 is 0 Å². The Morgan fingerprint density at radius 2 is 1.72 bits per heavy atom. The molecule has 29 heavy (non-hydrogen) atoms. The number of nitrogens with zero attached hydrogens (tertiary/aromatic N) is 1. The van der Waals surface area contributed by atoms with E-state index in [4.69, 9.17) is 32.7 Å². The Labute approximate surface area is 180 Å². The molecule has 0 spiro atoms. The Morgan fingerprint density at radius 1 is 1.10 bits per heavy atom. The van der Waals surface area contributed by atoms with E-state index in [1.807, 2.05) is 0 Å². The van der Waals surface area contributed by atoms with Crippen LogP contribution in [0.3, 0.4) is 0 Å². The van der Waals surface area contributed by atoms with Crippen LogP contribution in [0.5, 0.6) is 11.5 Å². The first-order valence-corrected chi connectivity index (χ1v) is 11.5. The second-order valence-electron chi connectivity index (χ2n) is 6.79. The van der Waals surface area contributed by atoms with Gasteiger partial charge in [-0.1, -0.05) is 35.3 Å². The Kier molecular flexibility index (Phi) is 6.61. The topological polar surface area (TPSA) is 72.9 Å². The fourth-order valence-electron chi connectivity index (χ4n) is 3.42. The molecule has 1 aliphatic heterocycles. The van der Waals surface area contributed by atoms with Crippen molar-refractivity contribution in [3.63, 3.8) is 0 Å². The van der Waals surface area contributed by atoms with Gasteiger partial charge < -0.3 is 14.4 Å². The lowest BCUT2D eigenvalue weighted by Gasteiger charge is -2.29. The molecule has 1 heterocycles. The van der Waals surface area contributed by atoms with E-state index in [9.17, 15) is 13.2 Å². The van der Waals surface area contributed by atoms with Gasteiger partial charge in [0.2, 0.25) is 5.91 Å². The number of halogens is 2. The molecule has 1 atom stereocenters. The molecule has 3 rings (SSSR count). The predicted octanol–water partition coefficient (Wildman–Crippen LogP) is 3.77. The van der Waals surface area contributed by atoms with Gasteiger partial charge in [-0.3, -0.25) is 4.79 Å². The monoisotopic (exact) mass is 457 g/mol. The number of hydrogen-bond acceptors (Lipinski definition) is 5. The lowest BCUT2D eigenvalue weighted by Crippen LogP contribution is -2.42. The van der Waals surface area contributed by atoms with Gasteiger partial charge in [-0.25, -0.2) is 8.42 Å². The summed E-state index contributed by atoms with van der Waals surface area (Å²) in [7, 11) is -0.182. The molecule has 0 aromatic heterocycles. The van der Waals surface area contributed by atoms with Crippen LogP contribution in [0.1, 0.15) is 12.0 Å². The second kappa shape index (κ2) is 8.81. The third-order valence-corrected chi connectivity index (χ3v) is 7.13. The molecule has 2 aromatic rings. The largest absolute Gasteiger partial charge is 0.497 e. The van der Waals surface area contributed by atoms with Crippen molar-refractivity contribution in [2.24, 2.45) is 0 Å². The SMILES string of the molecule is COc1ccc(CC(=O)N(c2cc(Cl)c(OC)c(Cl)c2)C2CCS(=O)(=O)C2)cc1. The Morgan fingerprint density at radius 3 is 2.21 bits per heavy atom. The summed E-state index contributed by atoms with van der Waals surface area (Å²) in [4.78, 5) is 14.7. The number of benzene rings is 2. The van der Waals surface area contributed by atoms with Crippen LogP contribution in [0.4, 0.5) is 5.69 Å². The van der Waals surface area contributed by atoms with Crippen molar-refractivity contribution in [2.45, 2.75) is 18.9 Å². The lowest BCUT2D eigenvalue weighted by molar-refractivity contribution is -0.118. The molecule has 2 aromatic carbocycles. The van der Waals surface area contributed by atoms with Crippen LogP contribution in [0.15, 0.2) is 36.4 Å². The standard InChI is InChI=1S/C20H21Cl2NO5S/c1-27-16-5-3-13(4-6-16)9-19(24)23(14-7-8-29(25,26)12-14)15-10-17(21)20(28-2)18(22)11-15/h3-6,10-11,14H,7-9,12H2,1-2H3. The van der Waals surface area contributed by atoms with Gasteiger partial charge in [0.15, 0.2) is 15.6 Å². The summed E-state index contributed by atoms with van der Waals surface area (Å²) >= 11 is 12.5. The van der Waals surface area contributed by atoms with Crippen LogP contribution < -0.4 is 14.4 Å². The first-order chi connectivity index (χ1) is 13.7. The third-order valence-electron chi connectivity index (χ3n) is 4.82. The maximum absolute atomic E-state index is 13.2. The number of ether oxygens (including phenoxy) is 2. The van der Waals surface area contributed by atoms with Crippen molar-refractivity contribution in [1.29, 1.82) is 0 Å². The fraction of sp³-hybridized carbons (Fsp3) is 0.350. The van der Waals surface area contributed by atoms with Crippen LogP contribution in [0.2, 0.25) is 10.0 Å². The predicted molar refractivity (Wildman–Crippen MR) is 114 cm³/mol. The highest BCUT2D eigenvalue weighted by atomic mass is 35.5. The number of methoxy groups -OCH3 is 2. The first-order valence-electron chi connectivity index (χ1n) is 8.92. The minimum atomic E-state index is -3.20. The van der Waals surface area contributed by atoms with Crippen LogP contribution in [-0.4, -0.2) is 46.1 Å². The van der Waals surface area contributed by atoms with Crippen molar-refractivity contribution in [2.75, 3.05) is 30.6 Å². The molecule has 0 bridgehead atoms. The molecule has 1 aliphatic rings. The highest BCUT2D eigenvalue weighted by Crippen LogP contribution is 2.38. The summed E-state index contributed by atoms with van der Waals surface area (Å²) in [6.45, 7) is 0. The molecular formula is C20H21Cl2NO5S. The van der Waals surface area contributed by atoms with E-state index in [0.717, 1.165) is 5.56 Å². The zero-order valence-corrected chi connectivity index (χ0v) is 18.4. The summed E-state index contributed by atoms with van der Waals surface area (Å²) in [5.41, 5.74) is 1.23. The number of rotatable bonds is 6. The summed E-state index contributed by atoms with van der Waals surface area (Å²) in [5, 5.41) is 0.496. The van der Waals surface area contributed by atoms with Crippen molar-refractivity contribution >= 4 is 44.6 Å². The Balaban J connectivity index is 1.95. The van der Waals surface area contributed by atoms with Crippen molar-refractivity contribution in [1.82, 2.24) is 0 Å². The van der Waals surface area contributed by atoms with E-state index in [1.54, 1.807) is 43.5 Å². The van der Waals surface area contributed by atoms with Gasteiger partial charge in [0.25, 0.3) is 0 Å². The molecule has 0 saturated carbocycles. The van der Waals surface area contributed by atoms with Crippen molar-refractivity contribution < 1.29 is 22.7 Å². The van der Waals surface area contributed by atoms with E-state index < -0.39 is 15.9 Å². The first kappa shape index (κ1) is 21.7. The summed E-state index contributed by atoms with van der Waals surface area (Å²) in [6.07, 6.45) is 0.458. The average Bonchev–Trinajstić information content (AvgIpc) is 3.01. The molecule has 0 N–H and O–H groups in total. The maximum atomic E-state index is 13.2. The van der Waals surface area contributed by atoms with E-state index in [-0.39, 0.29) is 33.9 Å². The Hall–Kier alpha value is -1.96. The lowest BCUT2D eigenvalue weighted by atomic mass is 10.1. The average molecular weight is 458 g/mol. The van der Waals surface area contributed by atoms with Gasteiger partial charge in [0, 0.05) is 5.69 Å². The number of carbonyl (C=O) groups is 1. The highest BCUT2D eigenvalue weighted by molar-refractivity contribution is 7.91. The van der Waals surface area contributed by atoms with Crippen molar-refractivity contribution in [3.05, 3.63) is 52.0 Å². The highest BCUT2D eigenvalue weighted by Gasteiger charge is 2.36. The van der Waals surface area contributed by atoms with Crippen LogP contribution in [-0.2, 0) is 21.1 Å². The molecule has 1 amide bonds. The van der Waals surface area contributed by atoms with Gasteiger partial charge in [0.1, 0.15) is 5.75 Å². The van der Waals surface area contributed by atoms with Crippen LogP contribution in [0, 0.1) is 0 Å². The molecular weight excluding hydrogens is 437 g/mol. The maximum Gasteiger partial charge on any atom is 0.231 e. The normalized spacial score (nSPS) is 17.7. The van der Waals surface area contributed by atoms with E-state index in [1.165, 1.54) is 12.0 Å². The fourth-order valence-corrected chi connectivity index (χ4v) is 5.75. The number of sulfone groups is 1.